The molecule has 0 aromatic carbocycles. The standard InChI is InChI=1S/C7H12Se2/c1-8-7(9-2)5-6-3-4-6/h5-6H,3-4H2,1-2H3. The minimum atomic E-state index is 0.803. The monoisotopic (exact) mass is 256 g/mol. The van der Waals surface area contributed by atoms with Crippen LogP contribution >= 0.6 is 0 Å². The van der Waals surface area contributed by atoms with Crippen molar-refractivity contribution in [1.29, 1.82) is 0 Å². The molecule has 0 spiro atoms. The van der Waals surface area contributed by atoms with Crippen LogP contribution in [-0.2, 0) is 0 Å². The molecular weight excluding hydrogens is 242 g/mol. The molecule has 1 aliphatic carbocycles. The first-order valence-corrected chi connectivity index (χ1v) is 8.30. The fourth-order valence-corrected chi connectivity index (χ4v) is 4.22. The maximum atomic E-state index is 2.53. The molecule has 0 bridgehead atoms. The number of allylic oxidation sites excluding steroid dienone is 1. The van der Waals surface area contributed by atoms with Gasteiger partial charge in [-0.1, -0.05) is 0 Å². The van der Waals surface area contributed by atoms with E-state index in [0.29, 0.717) is 0 Å². The molecule has 0 atom stereocenters. The van der Waals surface area contributed by atoms with E-state index in [1.165, 1.54) is 12.8 Å². The molecule has 0 nitrogen and oxygen atoms in total. The van der Waals surface area contributed by atoms with Crippen molar-refractivity contribution in [3.8, 4) is 0 Å². The van der Waals surface area contributed by atoms with Crippen molar-refractivity contribution in [2.24, 2.45) is 5.92 Å². The Bertz CT molecular complexity index is 108. The summed E-state index contributed by atoms with van der Waals surface area (Å²) in [5.41, 5.74) is 0. The molecule has 52 valence electrons. The van der Waals surface area contributed by atoms with E-state index in [1.54, 1.807) is 3.37 Å². The van der Waals surface area contributed by atoms with Crippen molar-refractivity contribution < 1.29 is 0 Å². The second kappa shape index (κ2) is 3.83. The summed E-state index contributed by atoms with van der Waals surface area (Å²) in [7, 11) is 0. The molecule has 1 aliphatic rings. The van der Waals surface area contributed by atoms with E-state index in [9.17, 15) is 0 Å². The van der Waals surface area contributed by atoms with Crippen molar-refractivity contribution in [3.63, 3.8) is 0 Å². The Balaban J connectivity index is 2.32. The predicted octanol–water partition coefficient (Wildman–Crippen LogP) is 1.74. The fraction of sp³-hybridized carbons (Fsp3) is 0.714. The van der Waals surface area contributed by atoms with Crippen LogP contribution in [0.2, 0.25) is 11.6 Å². The van der Waals surface area contributed by atoms with Crippen LogP contribution in [0.25, 0.3) is 0 Å². The maximum absolute atomic E-state index is 2.53. The normalized spacial score (nSPS) is 17.6. The first-order valence-electron chi connectivity index (χ1n) is 3.16. The van der Waals surface area contributed by atoms with Gasteiger partial charge in [0.2, 0.25) is 0 Å². The van der Waals surface area contributed by atoms with Crippen molar-refractivity contribution in [3.05, 3.63) is 9.45 Å². The molecule has 0 heterocycles. The van der Waals surface area contributed by atoms with Gasteiger partial charge < -0.3 is 0 Å². The van der Waals surface area contributed by atoms with E-state index in [2.05, 4.69) is 17.7 Å². The Morgan fingerprint density at radius 1 is 1.33 bits per heavy atom. The molecule has 0 radical (unpaired) electrons. The van der Waals surface area contributed by atoms with Gasteiger partial charge in [-0.2, -0.15) is 0 Å². The molecular formula is C7H12Se2. The molecule has 0 aromatic rings. The zero-order valence-electron chi connectivity index (χ0n) is 5.89. The van der Waals surface area contributed by atoms with Gasteiger partial charge in [0.1, 0.15) is 0 Å². The van der Waals surface area contributed by atoms with Gasteiger partial charge in [0, 0.05) is 0 Å². The van der Waals surface area contributed by atoms with Crippen molar-refractivity contribution in [2.75, 3.05) is 0 Å². The van der Waals surface area contributed by atoms with Gasteiger partial charge in [0.25, 0.3) is 0 Å². The summed E-state index contributed by atoms with van der Waals surface area (Å²) in [5, 5.41) is 0. The fourth-order valence-electron chi connectivity index (χ4n) is 0.675. The van der Waals surface area contributed by atoms with Gasteiger partial charge in [-0.3, -0.25) is 0 Å². The van der Waals surface area contributed by atoms with E-state index in [4.69, 9.17) is 0 Å². The summed E-state index contributed by atoms with van der Waals surface area (Å²) in [4.78, 5) is 0. The molecule has 1 fully saturated rings. The zero-order valence-corrected chi connectivity index (χ0v) is 9.31. The summed E-state index contributed by atoms with van der Waals surface area (Å²) in [6, 6.07) is 0. The molecule has 1 saturated carbocycles. The Labute approximate surface area is 69.8 Å². The van der Waals surface area contributed by atoms with E-state index in [-0.39, 0.29) is 0 Å². The first kappa shape index (κ1) is 7.88. The third-order valence-corrected chi connectivity index (χ3v) is 7.29. The minimum absolute atomic E-state index is 0.803. The van der Waals surface area contributed by atoms with Gasteiger partial charge in [-0.05, 0) is 0 Å². The summed E-state index contributed by atoms with van der Waals surface area (Å²) >= 11 is 1.61. The van der Waals surface area contributed by atoms with E-state index < -0.39 is 0 Å². The molecule has 0 N–H and O–H groups in total. The topological polar surface area (TPSA) is 0 Å². The van der Waals surface area contributed by atoms with Crippen LogP contribution in [0.4, 0.5) is 0 Å². The molecule has 9 heavy (non-hydrogen) atoms. The molecule has 2 heteroatoms. The second-order valence-electron chi connectivity index (χ2n) is 2.23. The molecule has 0 amide bonds. The van der Waals surface area contributed by atoms with E-state index in [0.717, 1.165) is 35.8 Å². The zero-order chi connectivity index (χ0) is 6.69. The van der Waals surface area contributed by atoms with Crippen molar-refractivity contribution in [1.82, 2.24) is 0 Å². The van der Waals surface area contributed by atoms with E-state index in [1.807, 2.05) is 0 Å². The number of hydrogen-bond donors (Lipinski definition) is 0. The molecule has 0 saturated heterocycles. The van der Waals surface area contributed by atoms with Crippen LogP contribution in [-0.4, -0.2) is 29.9 Å². The van der Waals surface area contributed by atoms with Crippen molar-refractivity contribution >= 4 is 29.9 Å². The average Bonchev–Trinajstić information content (AvgIpc) is 2.66. The van der Waals surface area contributed by atoms with Crippen LogP contribution in [0.3, 0.4) is 0 Å². The SMILES string of the molecule is C[Se]C(=CC1CC1)[Se]C. The van der Waals surface area contributed by atoms with Gasteiger partial charge in [0.15, 0.2) is 0 Å². The molecule has 1 rings (SSSR count). The van der Waals surface area contributed by atoms with Gasteiger partial charge in [0.05, 0.1) is 0 Å². The average molecular weight is 254 g/mol. The third kappa shape index (κ3) is 2.91. The number of rotatable bonds is 3. The van der Waals surface area contributed by atoms with Gasteiger partial charge >= 0.3 is 69.8 Å². The van der Waals surface area contributed by atoms with E-state index >= 15 is 0 Å². The van der Waals surface area contributed by atoms with Crippen LogP contribution in [0.5, 0.6) is 0 Å². The summed E-state index contributed by atoms with van der Waals surface area (Å²) < 4.78 is 1.78. The van der Waals surface area contributed by atoms with Crippen LogP contribution in [0.15, 0.2) is 9.45 Å². The van der Waals surface area contributed by atoms with Gasteiger partial charge in [-0.25, -0.2) is 0 Å². The molecule has 0 aliphatic heterocycles. The summed E-state index contributed by atoms with van der Waals surface area (Å²) in [5.74, 6) is 5.66. The van der Waals surface area contributed by atoms with Crippen LogP contribution < -0.4 is 0 Å². The Kier molecular flexibility index (Phi) is 3.35. The summed E-state index contributed by atoms with van der Waals surface area (Å²) in [6.07, 6.45) is 5.46. The van der Waals surface area contributed by atoms with Crippen molar-refractivity contribution in [2.45, 2.75) is 24.5 Å². The number of hydrogen-bond acceptors (Lipinski definition) is 0. The van der Waals surface area contributed by atoms with Gasteiger partial charge in [-0.15, -0.1) is 0 Å². The third-order valence-electron chi connectivity index (χ3n) is 1.40. The second-order valence-corrected chi connectivity index (χ2v) is 7.10. The quantitative estimate of drug-likeness (QED) is 0.673. The first-order chi connectivity index (χ1) is 4.36. The Morgan fingerprint density at radius 2 is 1.89 bits per heavy atom. The Morgan fingerprint density at radius 3 is 2.22 bits per heavy atom. The molecule has 0 unspecified atom stereocenters. The predicted molar refractivity (Wildman–Crippen MR) is 44.0 cm³/mol. The van der Waals surface area contributed by atoms with Crippen LogP contribution in [0, 0.1) is 5.92 Å². The summed E-state index contributed by atoms with van der Waals surface area (Å²) in [6.45, 7) is 0. The molecule has 0 aromatic heterocycles. The van der Waals surface area contributed by atoms with Crippen LogP contribution in [0.1, 0.15) is 12.8 Å². The Hall–Kier alpha value is 0.779.